The second-order valence-electron chi connectivity index (χ2n) is 3.70. The van der Waals surface area contributed by atoms with E-state index in [9.17, 15) is 4.79 Å². The summed E-state index contributed by atoms with van der Waals surface area (Å²) in [6, 6.07) is 6.18. The normalized spacial score (nSPS) is 16.4. The van der Waals surface area contributed by atoms with Crippen molar-refractivity contribution >= 4 is 27.5 Å². The summed E-state index contributed by atoms with van der Waals surface area (Å²) in [7, 11) is 0. The van der Waals surface area contributed by atoms with E-state index in [-0.39, 0.29) is 5.91 Å². The first kappa shape index (κ1) is 10.5. The minimum Gasteiger partial charge on any atom is -0.360 e. The summed E-state index contributed by atoms with van der Waals surface area (Å²) in [5.41, 5.74) is 2.31. The van der Waals surface area contributed by atoms with Gasteiger partial charge in [-0.1, -0.05) is 22.0 Å². The Morgan fingerprint density at radius 1 is 1.47 bits per heavy atom. The molecule has 1 heterocycles. The summed E-state index contributed by atoms with van der Waals surface area (Å²) >= 11 is 3.50. The van der Waals surface area contributed by atoms with E-state index < -0.39 is 0 Å². The SMILES string of the molecule is Cc1ccc(N2CCNC(=O)C2)cc1Br. The maximum Gasteiger partial charge on any atom is 0.239 e. The first-order valence-electron chi connectivity index (χ1n) is 4.94. The van der Waals surface area contributed by atoms with Crippen LogP contribution in [0.25, 0.3) is 0 Å². The third-order valence-corrected chi connectivity index (χ3v) is 3.41. The van der Waals surface area contributed by atoms with Gasteiger partial charge in [-0.2, -0.15) is 0 Å². The topological polar surface area (TPSA) is 32.3 Å². The van der Waals surface area contributed by atoms with Gasteiger partial charge in [0.05, 0.1) is 6.54 Å². The summed E-state index contributed by atoms with van der Waals surface area (Å²) in [5, 5.41) is 2.82. The fourth-order valence-corrected chi connectivity index (χ4v) is 2.00. The van der Waals surface area contributed by atoms with E-state index in [1.54, 1.807) is 0 Å². The first-order chi connectivity index (χ1) is 7.16. The highest BCUT2D eigenvalue weighted by Crippen LogP contribution is 2.23. The molecule has 0 saturated carbocycles. The molecular weight excluding hydrogens is 256 g/mol. The zero-order chi connectivity index (χ0) is 10.8. The third kappa shape index (κ3) is 2.31. The lowest BCUT2D eigenvalue weighted by Gasteiger charge is -2.28. The van der Waals surface area contributed by atoms with Crippen LogP contribution in [0.1, 0.15) is 5.56 Å². The fraction of sp³-hybridized carbons (Fsp3) is 0.364. The summed E-state index contributed by atoms with van der Waals surface area (Å²) in [6.07, 6.45) is 0. The molecule has 2 rings (SSSR count). The minimum atomic E-state index is 0.0953. The molecule has 1 aromatic rings. The Balaban J connectivity index is 2.21. The minimum absolute atomic E-state index is 0.0953. The van der Waals surface area contributed by atoms with Crippen molar-refractivity contribution < 1.29 is 4.79 Å². The number of amides is 1. The first-order valence-corrected chi connectivity index (χ1v) is 5.74. The maximum absolute atomic E-state index is 11.2. The van der Waals surface area contributed by atoms with Crippen LogP contribution in [0.4, 0.5) is 5.69 Å². The molecule has 1 fully saturated rings. The molecule has 3 nitrogen and oxygen atoms in total. The van der Waals surface area contributed by atoms with Gasteiger partial charge in [0.25, 0.3) is 0 Å². The van der Waals surface area contributed by atoms with Gasteiger partial charge in [0.2, 0.25) is 5.91 Å². The van der Waals surface area contributed by atoms with Crippen molar-refractivity contribution in [1.82, 2.24) is 5.32 Å². The third-order valence-electron chi connectivity index (χ3n) is 2.56. The molecule has 4 heteroatoms. The Morgan fingerprint density at radius 2 is 2.27 bits per heavy atom. The monoisotopic (exact) mass is 268 g/mol. The molecular formula is C11H13BrN2O. The van der Waals surface area contributed by atoms with Crippen LogP contribution in [-0.2, 0) is 4.79 Å². The van der Waals surface area contributed by atoms with E-state index in [0.717, 1.165) is 23.2 Å². The van der Waals surface area contributed by atoms with Gasteiger partial charge in [0.15, 0.2) is 0 Å². The Morgan fingerprint density at radius 3 is 2.93 bits per heavy atom. The van der Waals surface area contributed by atoms with Crippen LogP contribution in [-0.4, -0.2) is 25.5 Å². The molecule has 0 atom stereocenters. The molecule has 1 aromatic carbocycles. The number of hydrogen-bond donors (Lipinski definition) is 1. The molecule has 15 heavy (non-hydrogen) atoms. The standard InChI is InChI=1S/C11H13BrN2O/c1-8-2-3-9(6-10(8)12)14-5-4-13-11(15)7-14/h2-3,6H,4-5,7H2,1H3,(H,13,15). The highest BCUT2D eigenvalue weighted by molar-refractivity contribution is 9.10. The van der Waals surface area contributed by atoms with Crippen molar-refractivity contribution in [3.05, 3.63) is 28.2 Å². The van der Waals surface area contributed by atoms with E-state index in [2.05, 4.69) is 51.3 Å². The van der Waals surface area contributed by atoms with E-state index >= 15 is 0 Å². The highest BCUT2D eigenvalue weighted by Gasteiger charge is 2.16. The maximum atomic E-state index is 11.2. The molecule has 0 aromatic heterocycles. The average molecular weight is 269 g/mol. The number of carbonyl (C=O) groups is 1. The van der Waals surface area contributed by atoms with E-state index in [1.165, 1.54) is 5.56 Å². The number of aryl methyl sites for hydroxylation is 1. The quantitative estimate of drug-likeness (QED) is 0.841. The van der Waals surface area contributed by atoms with Gasteiger partial charge in [-0.05, 0) is 24.6 Å². The van der Waals surface area contributed by atoms with Crippen molar-refractivity contribution in [1.29, 1.82) is 0 Å². The van der Waals surface area contributed by atoms with Crippen molar-refractivity contribution in [3.8, 4) is 0 Å². The lowest BCUT2D eigenvalue weighted by atomic mass is 10.2. The molecule has 0 aliphatic carbocycles. The van der Waals surface area contributed by atoms with Crippen molar-refractivity contribution in [2.75, 3.05) is 24.5 Å². The van der Waals surface area contributed by atoms with Gasteiger partial charge >= 0.3 is 0 Å². The molecule has 1 aliphatic heterocycles. The summed E-state index contributed by atoms with van der Waals surface area (Å²) in [4.78, 5) is 13.3. The zero-order valence-corrected chi connectivity index (χ0v) is 10.2. The van der Waals surface area contributed by atoms with Crippen LogP contribution in [0.3, 0.4) is 0 Å². The van der Waals surface area contributed by atoms with Gasteiger partial charge in [0, 0.05) is 23.2 Å². The van der Waals surface area contributed by atoms with Crippen LogP contribution >= 0.6 is 15.9 Å². The highest BCUT2D eigenvalue weighted by atomic mass is 79.9. The predicted molar refractivity (Wildman–Crippen MR) is 64.1 cm³/mol. The largest absolute Gasteiger partial charge is 0.360 e. The number of carbonyl (C=O) groups excluding carboxylic acids is 1. The molecule has 80 valence electrons. The number of hydrogen-bond acceptors (Lipinski definition) is 2. The number of nitrogens with zero attached hydrogens (tertiary/aromatic N) is 1. The summed E-state index contributed by atoms with van der Waals surface area (Å²) in [5.74, 6) is 0.0953. The lowest BCUT2D eigenvalue weighted by Crippen LogP contribution is -2.47. The van der Waals surface area contributed by atoms with Crippen LogP contribution in [0, 0.1) is 6.92 Å². The van der Waals surface area contributed by atoms with Gasteiger partial charge in [-0.25, -0.2) is 0 Å². The molecule has 0 spiro atoms. The number of rotatable bonds is 1. The van der Waals surface area contributed by atoms with Crippen molar-refractivity contribution in [2.24, 2.45) is 0 Å². The Kier molecular flexibility index (Phi) is 2.95. The van der Waals surface area contributed by atoms with Gasteiger partial charge in [-0.3, -0.25) is 4.79 Å². The van der Waals surface area contributed by atoms with Crippen LogP contribution in [0.15, 0.2) is 22.7 Å². The predicted octanol–water partition coefficient (Wildman–Crippen LogP) is 1.69. The van der Waals surface area contributed by atoms with Gasteiger partial charge in [-0.15, -0.1) is 0 Å². The molecule has 0 bridgehead atoms. The molecule has 0 unspecified atom stereocenters. The van der Waals surface area contributed by atoms with Gasteiger partial charge in [0.1, 0.15) is 0 Å². The van der Waals surface area contributed by atoms with E-state index in [1.807, 2.05) is 0 Å². The summed E-state index contributed by atoms with van der Waals surface area (Å²) < 4.78 is 1.09. The second-order valence-corrected chi connectivity index (χ2v) is 4.56. The van der Waals surface area contributed by atoms with E-state index in [0.29, 0.717) is 6.54 Å². The summed E-state index contributed by atoms with van der Waals surface area (Å²) in [6.45, 7) is 4.11. The zero-order valence-electron chi connectivity index (χ0n) is 8.59. The Bertz CT molecular complexity index is 392. The lowest BCUT2D eigenvalue weighted by molar-refractivity contribution is -0.120. The molecule has 0 radical (unpaired) electrons. The smallest absolute Gasteiger partial charge is 0.239 e. The van der Waals surface area contributed by atoms with Crippen LogP contribution < -0.4 is 10.2 Å². The second kappa shape index (κ2) is 4.23. The molecule has 1 aliphatic rings. The van der Waals surface area contributed by atoms with Gasteiger partial charge < -0.3 is 10.2 Å². The Hall–Kier alpha value is -1.03. The molecule has 1 N–H and O–H groups in total. The number of halogens is 1. The number of anilines is 1. The van der Waals surface area contributed by atoms with Crippen molar-refractivity contribution in [2.45, 2.75) is 6.92 Å². The number of nitrogens with one attached hydrogen (secondary N) is 1. The fourth-order valence-electron chi connectivity index (χ4n) is 1.64. The van der Waals surface area contributed by atoms with Crippen LogP contribution in [0.2, 0.25) is 0 Å². The number of benzene rings is 1. The van der Waals surface area contributed by atoms with Crippen LogP contribution in [0.5, 0.6) is 0 Å². The van der Waals surface area contributed by atoms with E-state index in [4.69, 9.17) is 0 Å². The molecule has 1 amide bonds. The number of piperazine rings is 1. The molecule has 1 saturated heterocycles. The average Bonchev–Trinajstić information content (AvgIpc) is 2.22. The van der Waals surface area contributed by atoms with Crippen molar-refractivity contribution in [3.63, 3.8) is 0 Å². The Labute approximate surface area is 97.6 Å².